The molecule has 0 radical (unpaired) electrons. The van der Waals surface area contributed by atoms with Crippen molar-refractivity contribution in [1.82, 2.24) is 10.2 Å². The summed E-state index contributed by atoms with van der Waals surface area (Å²) in [6, 6.07) is 0. The third-order valence-electron chi connectivity index (χ3n) is 4.73. The molecule has 0 atom stereocenters. The summed E-state index contributed by atoms with van der Waals surface area (Å²) in [6.45, 7) is 10.9. The van der Waals surface area contributed by atoms with Crippen molar-refractivity contribution in [2.75, 3.05) is 26.2 Å². The van der Waals surface area contributed by atoms with Gasteiger partial charge < -0.3 is 10.4 Å². The molecule has 0 aliphatic carbocycles. The molecular formula is C15H30N2O2. The lowest BCUT2D eigenvalue weighted by atomic mass is 9.77. The van der Waals surface area contributed by atoms with Crippen molar-refractivity contribution in [3.05, 3.63) is 0 Å². The summed E-state index contributed by atoms with van der Waals surface area (Å²) in [5.74, 6) is 0.111. The number of aliphatic hydroxyl groups is 1. The van der Waals surface area contributed by atoms with E-state index >= 15 is 0 Å². The normalized spacial score (nSPS) is 20.3. The van der Waals surface area contributed by atoms with Gasteiger partial charge in [-0.05, 0) is 58.0 Å². The molecule has 1 amide bonds. The van der Waals surface area contributed by atoms with Crippen LogP contribution < -0.4 is 5.32 Å². The van der Waals surface area contributed by atoms with Crippen LogP contribution >= 0.6 is 0 Å². The molecule has 4 nitrogen and oxygen atoms in total. The van der Waals surface area contributed by atoms with Gasteiger partial charge in [-0.25, -0.2) is 0 Å². The fourth-order valence-electron chi connectivity index (χ4n) is 2.52. The highest BCUT2D eigenvalue weighted by atomic mass is 16.3. The van der Waals surface area contributed by atoms with E-state index in [0.29, 0.717) is 6.54 Å². The van der Waals surface area contributed by atoms with Gasteiger partial charge in [0.1, 0.15) is 0 Å². The van der Waals surface area contributed by atoms with Crippen LogP contribution in [0.1, 0.15) is 53.4 Å². The fraction of sp³-hybridized carbons (Fsp3) is 0.933. The highest BCUT2D eigenvalue weighted by Gasteiger charge is 2.33. The zero-order chi connectivity index (χ0) is 14.5. The first-order valence-corrected chi connectivity index (χ1v) is 7.50. The molecule has 4 heteroatoms. The summed E-state index contributed by atoms with van der Waals surface area (Å²) in [7, 11) is 0. The number of piperidine rings is 1. The van der Waals surface area contributed by atoms with Crippen molar-refractivity contribution < 1.29 is 9.90 Å². The molecule has 1 aliphatic heterocycles. The number of carbonyl (C=O) groups is 1. The molecule has 1 rings (SSSR count). The fourth-order valence-corrected chi connectivity index (χ4v) is 2.52. The summed E-state index contributed by atoms with van der Waals surface area (Å²) in [6.07, 6.45) is 3.93. The molecule has 0 spiro atoms. The predicted octanol–water partition coefficient (Wildman–Crippen LogP) is 1.78. The standard InChI is InChI=1S/C15H30N2O2/c1-5-14(3,4)16-13(19)11-17-9-7-15(6-2,12-18)8-10-17/h18H,5-12H2,1-4H3,(H,16,19). The van der Waals surface area contributed by atoms with E-state index in [0.717, 1.165) is 38.8 Å². The minimum Gasteiger partial charge on any atom is -0.396 e. The Morgan fingerprint density at radius 2 is 1.89 bits per heavy atom. The number of amides is 1. The highest BCUT2D eigenvalue weighted by molar-refractivity contribution is 5.78. The maximum atomic E-state index is 12.0. The van der Waals surface area contributed by atoms with Gasteiger partial charge in [0.2, 0.25) is 5.91 Å². The first kappa shape index (κ1) is 16.4. The third-order valence-corrected chi connectivity index (χ3v) is 4.73. The molecule has 1 aliphatic rings. The molecule has 0 bridgehead atoms. The largest absolute Gasteiger partial charge is 0.396 e. The van der Waals surface area contributed by atoms with Gasteiger partial charge in [-0.2, -0.15) is 0 Å². The first-order valence-electron chi connectivity index (χ1n) is 7.50. The molecule has 19 heavy (non-hydrogen) atoms. The zero-order valence-electron chi connectivity index (χ0n) is 13.0. The Bertz CT molecular complexity index is 289. The van der Waals surface area contributed by atoms with E-state index in [1.165, 1.54) is 0 Å². The molecule has 112 valence electrons. The molecule has 0 unspecified atom stereocenters. The van der Waals surface area contributed by atoms with E-state index in [9.17, 15) is 9.90 Å². The van der Waals surface area contributed by atoms with Crippen LogP contribution in [0, 0.1) is 5.41 Å². The lowest BCUT2D eigenvalue weighted by Gasteiger charge is -2.40. The second kappa shape index (κ2) is 6.71. The third kappa shape index (κ3) is 4.77. The molecule has 0 aromatic rings. The van der Waals surface area contributed by atoms with Gasteiger partial charge in [0.05, 0.1) is 6.54 Å². The molecule has 1 fully saturated rings. The van der Waals surface area contributed by atoms with Crippen molar-refractivity contribution in [2.45, 2.75) is 58.9 Å². The van der Waals surface area contributed by atoms with Crippen LogP contribution in [0.4, 0.5) is 0 Å². The van der Waals surface area contributed by atoms with Gasteiger partial charge >= 0.3 is 0 Å². The molecule has 0 aromatic heterocycles. The SMILES string of the molecule is CCC1(CO)CCN(CC(=O)NC(C)(C)CC)CC1. The van der Waals surface area contributed by atoms with Gasteiger partial charge in [0.25, 0.3) is 0 Å². The number of carbonyl (C=O) groups excluding carboxylic acids is 1. The second-order valence-electron chi connectivity index (χ2n) is 6.57. The minimum absolute atomic E-state index is 0.0929. The average Bonchev–Trinajstić information content (AvgIpc) is 2.39. The molecule has 1 heterocycles. The van der Waals surface area contributed by atoms with Crippen molar-refractivity contribution in [1.29, 1.82) is 0 Å². The lowest BCUT2D eigenvalue weighted by Crippen LogP contribution is -2.50. The van der Waals surface area contributed by atoms with Crippen LogP contribution in [0.3, 0.4) is 0 Å². The van der Waals surface area contributed by atoms with Crippen molar-refractivity contribution >= 4 is 5.91 Å². The number of nitrogens with one attached hydrogen (secondary N) is 1. The zero-order valence-corrected chi connectivity index (χ0v) is 13.0. The average molecular weight is 270 g/mol. The number of aliphatic hydroxyl groups excluding tert-OH is 1. The Morgan fingerprint density at radius 3 is 2.32 bits per heavy atom. The van der Waals surface area contributed by atoms with E-state index in [4.69, 9.17) is 0 Å². The van der Waals surface area contributed by atoms with E-state index in [1.54, 1.807) is 0 Å². The van der Waals surface area contributed by atoms with Crippen LogP contribution in [0.25, 0.3) is 0 Å². The number of hydrogen-bond donors (Lipinski definition) is 2. The topological polar surface area (TPSA) is 52.6 Å². The first-order chi connectivity index (χ1) is 8.86. The van der Waals surface area contributed by atoms with Crippen LogP contribution in [-0.2, 0) is 4.79 Å². The van der Waals surface area contributed by atoms with Gasteiger partial charge in [0.15, 0.2) is 0 Å². The Morgan fingerprint density at radius 1 is 1.32 bits per heavy atom. The smallest absolute Gasteiger partial charge is 0.234 e. The van der Waals surface area contributed by atoms with E-state index in [-0.39, 0.29) is 23.5 Å². The summed E-state index contributed by atoms with van der Waals surface area (Å²) in [5.41, 5.74) is -0.0270. The predicted molar refractivity (Wildman–Crippen MR) is 78.0 cm³/mol. The highest BCUT2D eigenvalue weighted by Crippen LogP contribution is 2.33. The monoisotopic (exact) mass is 270 g/mol. The molecule has 0 saturated carbocycles. The number of nitrogens with zero attached hydrogens (tertiary/aromatic N) is 1. The van der Waals surface area contributed by atoms with Gasteiger partial charge in [-0.15, -0.1) is 0 Å². The van der Waals surface area contributed by atoms with E-state index in [2.05, 4.69) is 37.9 Å². The lowest BCUT2D eigenvalue weighted by molar-refractivity contribution is -0.124. The number of hydrogen-bond acceptors (Lipinski definition) is 3. The Kier molecular flexibility index (Phi) is 5.81. The molecule has 0 aromatic carbocycles. The van der Waals surface area contributed by atoms with Crippen molar-refractivity contribution in [3.63, 3.8) is 0 Å². The van der Waals surface area contributed by atoms with Gasteiger partial charge in [-0.1, -0.05) is 13.8 Å². The molecule has 1 saturated heterocycles. The Hall–Kier alpha value is -0.610. The van der Waals surface area contributed by atoms with Gasteiger partial charge in [0, 0.05) is 12.1 Å². The van der Waals surface area contributed by atoms with Gasteiger partial charge in [-0.3, -0.25) is 9.69 Å². The number of likely N-dealkylation sites (tertiary alicyclic amines) is 1. The maximum Gasteiger partial charge on any atom is 0.234 e. The second-order valence-corrected chi connectivity index (χ2v) is 6.57. The van der Waals surface area contributed by atoms with Crippen LogP contribution in [0.15, 0.2) is 0 Å². The van der Waals surface area contributed by atoms with Crippen molar-refractivity contribution in [3.8, 4) is 0 Å². The van der Waals surface area contributed by atoms with E-state index in [1.807, 2.05) is 0 Å². The van der Waals surface area contributed by atoms with Crippen LogP contribution in [0.2, 0.25) is 0 Å². The summed E-state index contributed by atoms with van der Waals surface area (Å²) < 4.78 is 0. The van der Waals surface area contributed by atoms with E-state index < -0.39 is 0 Å². The Labute approximate surface area is 117 Å². The minimum atomic E-state index is -0.120. The summed E-state index contributed by atoms with van der Waals surface area (Å²) >= 11 is 0. The maximum absolute atomic E-state index is 12.0. The Balaban J connectivity index is 2.39. The van der Waals surface area contributed by atoms with Crippen LogP contribution in [-0.4, -0.2) is 47.7 Å². The molecule has 2 N–H and O–H groups in total. The van der Waals surface area contributed by atoms with Crippen molar-refractivity contribution in [2.24, 2.45) is 5.41 Å². The quantitative estimate of drug-likeness (QED) is 0.773. The summed E-state index contributed by atoms with van der Waals surface area (Å²) in [5, 5.41) is 12.6. The van der Waals surface area contributed by atoms with Crippen LogP contribution in [0.5, 0.6) is 0 Å². The molecular weight excluding hydrogens is 240 g/mol. The summed E-state index contributed by atoms with van der Waals surface area (Å²) in [4.78, 5) is 14.2. The number of rotatable bonds is 6.